The topological polar surface area (TPSA) is 134 Å². The highest BCUT2D eigenvalue weighted by Gasteiger charge is 2.25. The van der Waals surface area contributed by atoms with Crippen LogP contribution >= 0.6 is 7.82 Å². The van der Waals surface area contributed by atoms with E-state index in [4.69, 9.17) is 24.3 Å². The minimum atomic E-state index is -4.39. The van der Waals surface area contributed by atoms with E-state index in [9.17, 15) is 19.0 Å². The number of phosphoric ester groups is 1. The summed E-state index contributed by atoms with van der Waals surface area (Å²) in [4.78, 5) is 34.4. The molecule has 0 aromatic rings. The van der Waals surface area contributed by atoms with Crippen LogP contribution in [-0.4, -0.2) is 49.3 Å². The lowest BCUT2D eigenvalue weighted by Crippen LogP contribution is -2.29. The molecule has 0 amide bonds. The van der Waals surface area contributed by atoms with Gasteiger partial charge in [-0.3, -0.25) is 18.6 Å². The van der Waals surface area contributed by atoms with Crippen molar-refractivity contribution in [3.8, 4) is 0 Å². The molecular formula is C45H72NO8P. The van der Waals surface area contributed by atoms with Crippen molar-refractivity contribution in [2.75, 3.05) is 26.4 Å². The fourth-order valence-electron chi connectivity index (χ4n) is 4.69. The Balaban J connectivity index is 4.16. The summed E-state index contributed by atoms with van der Waals surface area (Å²) in [7, 11) is -4.39. The third kappa shape index (κ3) is 40.2. The van der Waals surface area contributed by atoms with Crippen molar-refractivity contribution in [3.05, 3.63) is 109 Å². The Labute approximate surface area is 333 Å². The Morgan fingerprint density at radius 3 is 1.45 bits per heavy atom. The maximum Gasteiger partial charge on any atom is 0.472 e. The van der Waals surface area contributed by atoms with Gasteiger partial charge in [0.15, 0.2) is 6.10 Å². The molecule has 2 atom stereocenters. The van der Waals surface area contributed by atoms with Crippen molar-refractivity contribution < 1.29 is 37.6 Å². The second-order valence-corrected chi connectivity index (χ2v) is 14.2. The van der Waals surface area contributed by atoms with E-state index in [0.29, 0.717) is 19.3 Å². The van der Waals surface area contributed by atoms with Crippen LogP contribution in [0.5, 0.6) is 0 Å². The van der Waals surface area contributed by atoms with Gasteiger partial charge in [0.25, 0.3) is 0 Å². The van der Waals surface area contributed by atoms with E-state index in [1.54, 1.807) is 0 Å². The Morgan fingerprint density at radius 2 is 1.00 bits per heavy atom. The van der Waals surface area contributed by atoms with E-state index in [-0.39, 0.29) is 32.6 Å². The van der Waals surface area contributed by atoms with Crippen LogP contribution in [0.2, 0.25) is 0 Å². The molecule has 0 aromatic heterocycles. The summed E-state index contributed by atoms with van der Waals surface area (Å²) in [6, 6.07) is 0. The van der Waals surface area contributed by atoms with Gasteiger partial charge in [-0.05, 0) is 77.0 Å². The maximum atomic E-state index is 12.5. The van der Waals surface area contributed by atoms with Gasteiger partial charge in [-0.2, -0.15) is 0 Å². The Morgan fingerprint density at radius 1 is 0.564 bits per heavy atom. The molecule has 0 aliphatic heterocycles. The van der Waals surface area contributed by atoms with Crippen molar-refractivity contribution in [1.29, 1.82) is 0 Å². The van der Waals surface area contributed by atoms with Crippen LogP contribution in [-0.2, 0) is 32.7 Å². The van der Waals surface area contributed by atoms with Crippen LogP contribution in [0.25, 0.3) is 0 Å². The molecule has 0 saturated carbocycles. The minimum absolute atomic E-state index is 0.0383. The maximum absolute atomic E-state index is 12.5. The number of unbranched alkanes of at least 4 members (excludes halogenated alkanes) is 5. The molecule has 2 unspecified atom stereocenters. The van der Waals surface area contributed by atoms with E-state index < -0.39 is 32.5 Å². The average Bonchev–Trinajstić information content (AvgIpc) is 3.17. The zero-order chi connectivity index (χ0) is 40.3. The molecule has 3 N–H and O–H groups in total. The van der Waals surface area contributed by atoms with Crippen LogP contribution in [0.1, 0.15) is 129 Å². The number of carbonyl (C=O) groups excluding carboxylic acids is 2. The molecule has 0 aliphatic carbocycles. The first-order valence-electron chi connectivity index (χ1n) is 20.4. The molecule has 0 aromatic carbocycles. The van der Waals surface area contributed by atoms with Gasteiger partial charge in [-0.25, -0.2) is 4.57 Å². The second-order valence-electron chi connectivity index (χ2n) is 12.8. The van der Waals surface area contributed by atoms with Gasteiger partial charge in [0.2, 0.25) is 0 Å². The van der Waals surface area contributed by atoms with Crippen LogP contribution in [0.3, 0.4) is 0 Å². The fourth-order valence-corrected chi connectivity index (χ4v) is 5.46. The highest BCUT2D eigenvalue weighted by atomic mass is 31.2. The van der Waals surface area contributed by atoms with E-state index in [1.807, 2.05) is 6.08 Å². The quantitative estimate of drug-likeness (QED) is 0.0275. The van der Waals surface area contributed by atoms with E-state index in [1.165, 1.54) is 0 Å². The van der Waals surface area contributed by atoms with Crippen molar-refractivity contribution >= 4 is 19.8 Å². The van der Waals surface area contributed by atoms with Crippen molar-refractivity contribution in [2.45, 2.75) is 136 Å². The van der Waals surface area contributed by atoms with Gasteiger partial charge in [-0.15, -0.1) is 0 Å². The summed E-state index contributed by atoms with van der Waals surface area (Å²) >= 11 is 0. The first-order chi connectivity index (χ1) is 26.8. The number of rotatable bonds is 36. The van der Waals surface area contributed by atoms with Crippen molar-refractivity contribution in [1.82, 2.24) is 0 Å². The molecule has 0 heterocycles. The molecule has 0 radical (unpaired) electrons. The van der Waals surface area contributed by atoms with Crippen LogP contribution < -0.4 is 5.73 Å². The number of hydrogen-bond donors (Lipinski definition) is 2. The Bertz CT molecular complexity index is 1260. The number of phosphoric acid groups is 1. The monoisotopic (exact) mass is 785 g/mol. The normalized spacial score (nSPS) is 14.5. The molecule has 310 valence electrons. The molecular weight excluding hydrogens is 713 g/mol. The molecule has 0 spiro atoms. The smallest absolute Gasteiger partial charge is 0.462 e. The number of allylic oxidation sites excluding steroid dienone is 18. The largest absolute Gasteiger partial charge is 0.472 e. The van der Waals surface area contributed by atoms with E-state index >= 15 is 0 Å². The highest BCUT2D eigenvalue weighted by molar-refractivity contribution is 7.47. The zero-order valence-electron chi connectivity index (χ0n) is 33.9. The molecule has 0 fully saturated rings. The molecule has 9 nitrogen and oxygen atoms in total. The zero-order valence-corrected chi connectivity index (χ0v) is 34.7. The molecule has 10 heteroatoms. The molecule has 0 saturated heterocycles. The van der Waals surface area contributed by atoms with Crippen LogP contribution in [0.4, 0.5) is 0 Å². The van der Waals surface area contributed by atoms with Gasteiger partial charge < -0.3 is 20.1 Å². The first-order valence-corrected chi connectivity index (χ1v) is 21.9. The summed E-state index contributed by atoms with van der Waals surface area (Å²) in [6.45, 7) is 3.40. The Hall–Kier alpha value is -3.33. The predicted octanol–water partition coefficient (Wildman–Crippen LogP) is 11.6. The number of nitrogens with two attached hydrogens (primary N) is 1. The summed E-state index contributed by atoms with van der Waals surface area (Å²) in [5, 5.41) is 0. The summed E-state index contributed by atoms with van der Waals surface area (Å²) < 4.78 is 32.4. The van der Waals surface area contributed by atoms with Crippen LogP contribution in [0, 0.1) is 0 Å². The molecule has 0 bridgehead atoms. The number of hydrogen-bond acceptors (Lipinski definition) is 8. The molecule has 0 rings (SSSR count). The average molecular weight is 786 g/mol. The number of carbonyl (C=O) groups is 2. The summed E-state index contributed by atoms with van der Waals surface area (Å²) in [5.74, 6) is -0.927. The van der Waals surface area contributed by atoms with Crippen molar-refractivity contribution in [2.24, 2.45) is 5.73 Å². The van der Waals surface area contributed by atoms with Gasteiger partial charge in [0.05, 0.1) is 13.2 Å². The first kappa shape index (κ1) is 51.7. The predicted molar refractivity (Wildman–Crippen MR) is 228 cm³/mol. The lowest BCUT2D eigenvalue weighted by Gasteiger charge is -2.19. The molecule has 55 heavy (non-hydrogen) atoms. The Kier molecular flexibility index (Phi) is 37.9. The molecule has 0 aliphatic rings. The third-order valence-electron chi connectivity index (χ3n) is 7.67. The SMILES string of the molecule is CC/C=C\C/C=C\C/C=C\C/C=C\C/C=C\C/C=C\C/C=C\C/C=C\C/C=C\CCCC(=O)OC(COC(=O)CCCCCCC)COP(=O)(O)OCCN. The summed E-state index contributed by atoms with van der Waals surface area (Å²) in [5.41, 5.74) is 5.31. The van der Waals surface area contributed by atoms with Gasteiger partial charge in [-0.1, -0.05) is 149 Å². The van der Waals surface area contributed by atoms with Gasteiger partial charge in [0, 0.05) is 19.4 Å². The number of ether oxygens (including phenoxy) is 2. The van der Waals surface area contributed by atoms with E-state index in [0.717, 1.165) is 83.5 Å². The fraction of sp³-hybridized carbons (Fsp3) is 0.556. The third-order valence-corrected chi connectivity index (χ3v) is 8.66. The van der Waals surface area contributed by atoms with E-state index in [2.05, 4.69) is 117 Å². The lowest BCUT2D eigenvalue weighted by atomic mass is 10.1. The van der Waals surface area contributed by atoms with Gasteiger partial charge >= 0.3 is 19.8 Å². The minimum Gasteiger partial charge on any atom is -0.462 e. The lowest BCUT2D eigenvalue weighted by molar-refractivity contribution is -0.161. The number of esters is 2. The highest BCUT2D eigenvalue weighted by Crippen LogP contribution is 2.43. The standard InChI is InChI=1S/C45H72NO8P/c1-3-5-7-9-10-11-12-13-14-15-16-17-18-19-20-21-22-23-24-25-26-27-28-29-30-31-32-34-36-38-45(48)54-43(42-53-55(49,50)52-40-39-46)41-51-44(47)37-35-33-8-6-4-2/h5,7,10-11,13-14,16-17,19-20,22-23,25-26,28-29,31-32,43H,3-4,6,8-9,12,15,18,21,24,27,30,33-42,46H2,1-2H3,(H,49,50)/b7-5-,11-10-,14-13-,17-16-,20-19-,23-22-,26-25-,29-28-,32-31-. The van der Waals surface area contributed by atoms with Crippen LogP contribution in [0.15, 0.2) is 109 Å². The van der Waals surface area contributed by atoms with Crippen molar-refractivity contribution in [3.63, 3.8) is 0 Å². The van der Waals surface area contributed by atoms with Gasteiger partial charge in [0.1, 0.15) is 6.61 Å². The summed E-state index contributed by atoms with van der Waals surface area (Å²) in [6.07, 6.45) is 53.3. The second kappa shape index (κ2) is 40.3.